The number of likely N-dealkylation sites (tertiary alicyclic amines) is 1. The number of nitrogens with one attached hydrogen (secondary N) is 1. The first-order valence-electron chi connectivity index (χ1n) is 9.97. The standard InChI is InChI=1S/C20H23F3N4O3/c21-20(22,23)15-6-4-13(24)10-26(15)8-11-2-1-3-12-9-27(19(30)17(11)12)14-5-7-16(28)25-18(14)29/h1-3,13-15H,4-10,24H2,(H,25,28,29). The summed E-state index contributed by atoms with van der Waals surface area (Å²) in [6.07, 6.45) is -3.77. The first kappa shape index (κ1) is 20.8. The minimum atomic E-state index is -4.37. The zero-order chi connectivity index (χ0) is 21.6. The van der Waals surface area contributed by atoms with Gasteiger partial charge in [-0.3, -0.25) is 24.6 Å². The number of hydrogen-bond donors (Lipinski definition) is 2. The number of alkyl halides is 3. The summed E-state index contributed by atoms with van der Waals surface area (Å²) in [6, 6.07) is 2.39. The number of nitrogens with two attached hydrogens (primary N) is 1. The lowest BCUT2D eigenvalue weighted by molar-refractivity contribution is -0.193. The van der Waals surface area contributed by atoms with Crippen LogP contribution in [0.3, 0.4) is 0 Å². The van der Waals surface area contributed by atoms with Gasteiger partial charge in [0.25, 0.3) is 5.91 Å². The Bertz CT molecular complexity index is 889. The van der Waals surface area contributed by atoms with Gasteiger partial charge in [-0.15, -0.1) is 0 Å². The Morgan fingerprint density at radius 1 is 1.13 bits per heavy atom. The van der Waals surface area contributed by atoms with E-state index < -0.39 is 24.2 Å². The minimum Gasteiger partial charge on any atom is -0.327 e. The first-order chi connectivity index (χ1) is 14.1. The monoisotopic (exact) mass is 424 g/mol. The van der Waals surface area contributed by atoms with Crippen molar-refractivity contribution in [3.8, 4) is 0 Å². The van der Waals surface area contributed by atoms with Crippen molar-refractivity contribution in [2.24, 2.45) is 5.73 Å². The zero-order valence-corrected chi connectivity index (χ0v) is 16.2. The number of nitrogens with zero attached hydrogens (tertiary/aromatic N) is 2. The molecule has 3 atom stereocenters. The second kappa shape index (κ2) is 7.66. The number of halogens is 3. The number of carbonyl (C=O) groups excluding carboxylic acids is 3. The molecule has 3 heterocycles. The number of rotatable bonds is 3. The van der Waals surface area contributed by atoms with Gasteiger partial charge in [0.1, 0.15) is 12.1 Å². The summed E-state index contributed by atoms with van der Waals surface area (Å²) >= 11 is 0. The molecule has 3 amide bonds. The molecule has 10 heteroatoms. The first-order valence-corrected chi connectivity index (χ1v) is 9.97. The second-order valence-corrected chi connectivity index (χ2v) is 8.18. The molecule has 1 aromatic carbocycles. The SMILES string of the molecule is NC1CCC(C(F)(F)F)N(Cc2cccc3c2C(=O)N(C2CCC(=O)NC2=O)C3)C1. The van der Waals surface area contributed by atoms with E-state index in [1.807, 2.05) is 0 Å². The molecule has 2 saturated heterocycles. The number of amides is 3. The predicted octanol–water partition coefficient (Wildman–Crippen LogP) is 1.30. The van der Waals surface area contributed by atoms with Gasteiger partial charge in [-0.1, -0.05) is 18.2 Å². The van der Waals surface area contributed by atoms with E-state index in [-0.39, 0.29) is 56.8 Å². The van der Waals surface area contributed by atoms with Crippen LogP contribution in [0, 0.1) is 0 Å². The van der Waals surface area contributed by atoms with E-state index in [0.29, 0.717) is 23.1 Å². The number of benzene rings is 1. The van der Waals surface area contributed by atoms with Gasteiger partial charge in [0, 0.05) is 37.7 Å². The van der Waals surface area contributed by atoms with Gasteiger partial charge in [-0.25, -0.2) is 0 Å². The lowest BCUT2D eigenvalue weighted by atomic mass is 9.96. The highest BCUT2D eigenvalue weighted by molar-refractivity contribution is 6.05. The Morgan fingerprint density at radius 2 is 1.90 bits per heavy atom. The maximum Gasteiger partial charge on any atom is 0.404 e. The van der Waals surface area contributed by atoms with Gasteiger partial charge in [-0.2, -0.15) is 13.2 Å². The number of piperidine rings is 2. The van der Waals surface area contributed by atoms with E-state index in [9.17, 15) is 27.6 Å². The fourth-order valence-electron chi connectivity index (χ4n) is 4.66. The third-order valence-corrected chi connectivity index (χ3v) is 6.11. The Kier molecular flexibility index (Phi) is 5.31. The van der Waals surface area contributed by atoms with Crippen LogP contribution >= 0.6 is 0 Å². The molecule has 2 fully saturated rings. The van der Waals surface area contributed by atoms with E-state index in [1.165, 1.54) is 9.80 Å². The Labute approximate surface area is 171 Å². The summed E-state index contributed by atoms with van der Waals surface area (Å²) in [4.78, 5) is 39.4. The number of carbonyl (C=O) groups is 3. The van der Waals surface area contributed by atoms with Crippen LogP contribution in [0.1, 0.15) is 47.2 Å². The molecule has 0 aromatic heterocycles. The van der Waals surface area contributed by atoms with Crippen LogP contribution in [0.4, 0.5) is 13.2 Å². The molecular formula is C20H23F3N4O3. The molecule has 1 aromatic rings. The average Bonchev–Trinajstić information content (AvgIpc) is 2.98. The van der Waals surface area contributed by atoms with Crippen LogP contribution in [-0.4, -0.2) is 58.4 Å². The highest BCUT2D eigenvalue weighted by atomic mass is 19.4. The summed E-state index contributed by atoms with van der Waals surface area (Å²) in [5, 5.41) is 2.24. The Balaban J connectivity index is 1.59. The van der Waals surface area contributed by atoms with Gasteiger partial charge < -0.3 is 10.6 Å². The highest BCUT2D eigenvalue weighted by Crippen LogP contribution is 2.35. The van der Waals surface area contributed by atoms with Crippen molar-refractivity contribution in [3.63, 3.8) is 0 Å². The molecule has 7 nitrogen and oxygen atoms in total. The summed E-state index contributed by atoms with van der Waals surface area (Å²) in [5.41, 5.74) is 7.43. The molecule has 0 saturated carbocycles. The van der Waals surface area contributed by atoms with Crippen LogP contribution in [0.2, 0.25) is 0 Å². The molecule has 162 valence electrons. The highest BCUT2D eigenvalue weighted by Gasteiger charge is 2.46. The van der Waals surface area contributed by atoms with Crippen molar-refractivity contribution in [2.75, 3.05) is 6.54 Å². The van der Waals surface area contributed by atoms with Crippen molar-refractivity contribution >= 4 is 17.7 Å². The van der Waals surface area contributed by atoms with Crippen molar-refractivity contribution in [3.05, 3.63) is 34.9 Å². The van der Waals surface area contributed by atoms with Gasteiger partial charge in [0.05, 0.1) is 0 Å². The third-order valence-electron chi connectivity index (χ3n) is 6.11. The van der Waals surface area contributed by atoms with E-state index in [4.69, 9.17) is 5.73 Å². The van der Waals surface area contributed by atoms with Crippen LogP contribution in [0.5, 0.6) is 0 Å². The Morgan fingerprint density at radius 3 is 2.60 bits per heavy atom. The quantitative estimate of drug-likeness (QED) is 0.714. The van der Waals surface area contributed by atoms with E-state index in [2.05, 4.69) is 5.32 Å². The Hall–Kier alpha value is -2.46. The van der Waals surface area contributed by atoms with Crippen molar-refractivity contribution in [2.45, 2.75) is 63.1 Å². The molecule has 3 N–H and O–H groups in total. The van der Waals surface area contributed by atoms with Gasteiger partial charge >= 0.3 is 6.18 Å². The fraction of sp³-hybridized carbons (Fsp3) is 0.550. The largest absolute Gasteiger partial charge is 0.404 e. The van der Waals surface area contributed by atoms with E-state index in [0.717, 1.165) is 0 Å². The molecule has 3 unspecified atom stereocenters. The van der Waals surface area contributed by atoms with Crippen molar-refractivity contribution in [1.82, 2.24) is 15.1 Å². The number of hydrogen-bond acceptors (Lipinski definition) is 5. The molecule has 0 aliphatic carbocycles. The average molecular weight is 424 g/mol. The van der Waals surface area contributed by atoms with E-state index in [1.54, 1.807) is 18.2 Å². The van der Waals surface area contributed by atoms with Crippen molar-refractivity contribution in [1.29, 1.82) is 0 Å². The molecular weight excluding hydrogens is 401 g/mol. The predicted molar refractivity (Wildman–Crippen MR) is 99.9 cm³/mol. The molecule has 30 heavy (non-hydrogen) atoms. The minimum absolute atomic E-state index is 0.0457. The third kappa shape index (κ3) is 3.81. The van der Waals surface area contributed by atoms with Crippen molar-refractivity contribution < 1.29 is 27.6 Å². The lowest BCUT2D eigenvalue weighted by Gasteiger charge is -2.39. The summed E-state index contributed by atoms with van der Waals surface area (Å²) < 4.78 is 40.6. The van der Waals surface area contributed by atoms with Crippen LogP contribution in [0.25, 0.3) is 0 Å². The smallest absolute Gasteiger partial charge is 0.327 e. The van der Waals surface area contributed by atoms with Crippen LogP contribution in [-0.2, 0) is 22.7 Å². The summed E-state index contributed by atoms with van der Waals surface area (Å²) in [6.45, 7) is 0.241. The molecule has 4 rings (SSSR count). The van der Waals surface area contributed by atoms with Gasteiger partial charge in [0.15, 0.2) is 0 Å². The molecule has 3 aliphatic heterocycles. The molecule has 0 bridgehead atoms. The van der Waals surface area contributed by atoms with Gasteiger partial charge in [-0.05, 0) is 30.4 Å². The van der Waals surface area contributed by atoms with E-state index >= 15 is 0 Å². The van der Waals surface area contributed by atoms with Crippen LogP contribution in [0.15, 0.2) is 18.2 Å². The molecule has 0 spiro atoms. The normalized spacial score (nSPS) is 27.9. The van der Waals surface area contributed by atoms with Crippen LogP contribution < -0.4 is 11.1 Å². The lowest BCUT2D eigenvalue weighted by Crippen LogP contribution is -2.54. The summed E-state index contributed by atoms with van der Waals surface area (Å²) in [5.74, 6) is -1.28. The maximum absolute atomic E-state index is 13.5. The topological polar surface area (TPSA) is 95.7 Å². The maximum atomic E-state index is 13.5. The van der Waals surface area contributed by atoms with Gasteiger partial charge in [0.2, 0.25) is 11.8 Å². The summed E-state index contributed by atoms with van der Waals surface area (Å²) in [7, 11) is 0. The zero-order valence-electron chi connectivity index (χ0n) is 16.2. The second-order valence-electron chi connectivity index (χ2n) is 8.18. The number of imide groups is 1. The number of fused-ring (bicyclic) bond motifs is 1. The molecule has 3 aliphatic rings. The fourth-order valence-corrected chi connectivity index (χ4v) is 4.66. The molecule has 0 radical (unpaired) electrons.